The standard InChI is InChI=1S/C17H19N3O/c1-9-6-10(2)15(11(3)7-9)20-12(4)8-14-16(20)18-13(5)19-17(14)21/h6-8H,1-5H3,(H,18,19,21). The van der Waals surface area contributed by atoms with Crippen molar-refractivity contribution in [3.8, 4) is 5.69 Å². The Bertz CT molecular complexity index is 893. The molecule has 3 rings (SSSR count). The van der Waals surface area contributed by atoms with Gasteiger partial charge in [0.15, 0.2) is 5.65 Å². The minimum atomic E-state index is -0.0817. The van der Waals surface area contributed by atoms with Gasteiger partial charge in [0.25, 0.3) is 5.56 Å². The fourth-order valence-electron chi connectivity index (χ4n) is 3.13. The molecular weight excluding hydrogens is 262 g/mol. The number of fused-ring (bicyclic) bond motifs is 1. The van der Waals surface area contributed by atoms with E-state index in [2.05, 4.69) is 47.4 Å². The molecule has 0 fully saturated rings. The number of hydrogen-bond acceptors (Lipinski definition) is 2. The van der Waals surface area contributed by atoms with Gasteiger partial charge in [-0.05, 0) is 51.8 Å². The Hall–Kier alpha value is -2.36. The zero-order chi connectivity index (χ0) is 15.3. The van der Waals surface area contributed by atoms with Crippen LogP contribution in [0.25, 0.3) is 16.7 Å². The summed E-state index contributed by atoms with van der Waals surface area (Å²) < 4.78 is 2.08. The molecule has 0 bridgehead atoms. The van der Waals surface area contributed by atoms with Crippen molar-refractivity contribution in [2.75, 3.05) is 0 Å². The molecule has 4 nitrogen and oxygen atoms in total. The topological polar surface area (TPSA) is 50.7 Å². The maximum Gasteiger partial charge on any atom is 0.260 e. The van der Waals surface area contributed by atoms with Crippen molar-refractivity contribution >= 4 is 11.0 Å². The van der Waals surface area contributed by atoms with Crippen LogP contribution in [-0.2, 0) is 0 Å². The predicted octanol–water partition coefficient (Wildman–Crippen LogP) is 3.26. The van der Waals surface area contributed by atoms with Gasteiger partial charge in [-0.25, -0.2) is 4.98 Å². The van der Waals surface area contributed by atoms with E-state index in [4.69, 9.17) is 0 Å². The molecule has 1 N–H and O–H groups in total. The molecule has 0 aliphatic rings. The average molecular weight is 281 g/mol. The van der Waals surface area contributed by atoms with Crippen molar-refractivity contribution in [1.29, 1.82) is 0 Å². The van der Waals surface area contributed by atoms with Crippen molar-refractivity contribution in [1.82, 2.24) is 14.5 Å². The van der Waals surface area contributed by atoms with Crippen LogP contribution in [0.3, 0.4) is 0 Å². The number of aromatic amines is 1. The fraction of sp³-hybridized carbons (Fsp3) is 0.294. The second kappa shape index (κ2) is 4.58. The summed E-state index contributed by atoms with van der Waals surface area (Å²) in [5.41, 5.74) is 6.39. The molecule has 21 heavy (non-hydrogen) atoms. The van der Waals surface area contributed by atoms with Crippen LogP contribution in [0.1, 0.15) is 28.2 Å². The third kappa shape index (κ3) is 2.07. The Morgan fingerprint density at radius 1 is 1.00 bits per heavy atom. The number of rotatable bonds is 1. The van der Waals surface area contributed by atoms with Crippen molar-refractivity contribution in [2.45, 2.75) is 34.6 Å². The quantitative estimate of drug-likeness (QED) is 0.744. The van der Waals surface area contributed by atoms with Gasteiger partial charge in [-0.1, -0.05) is 17.7 Å². The van der Waals surface area contributed by atoms with Crippen molar-refractivity contribution < 1.29 is 0 Å². The first-order valence-electron chi connectivity index (χ1n) is 7.05. The van der Waals surface area contributed by atoms with Gasteiger partial charge < -0.3 is 4.98 Å². The fourth-order valence-corrected chi connectivity index (χ4v) is 3.13. The van der Waals surface area contributed by atoms with Gasteiger partial charge in [0.05, 0.1) is 11.1 Å². The van der Waals surface area contributed by atoms with E-state index in [9.17, 15) is 4.79 Å². The summed E-state index contributed by atoms with van der Waals surface area (Å²) in [6, 6.07) is 6.22. The largest absolute Gasteiger partial charge is 0.310 e. The molecule has 3 aromatic rings. The molecule has 0 unspecified atom stereocenters. The second-order valence-corrected chi connectivity index (χ2v) is 5.76. The van der Waals surface area contributed by atoms with Crippen LogP contribution in [-0.4, -0.2) is 14.5 Å². The molecule has 2 aromatic heterocycles. The lowest BCUT2D eigenvalue weighted by Crippen LogP contribution is -2.11. The first kappa shape index (κ1) is 13.6. The average Bonchev–Trinajstić information content (AvgIpc) is 2.66. The van der Waals surface area contributed by atoms with E-state index >= 15 is 0 Å². The Balaban J connectivity index is 2.47. The van der Waals surface area contributed by atoms with Crippen LogP contribution in [0, 0.1) is 34.6 Å². The highest BCUT2D eigenvalue weighted by molar-refractivity contribution is 5.79. The van der Waals surface area contributed by atoms with Gasteiger partial charge in [-0.3, -0.25) is 9.36 Å². The molecule has 0 aliphatic heterocycles. The molecule has 4 heteroatoms. The van der Waals surface area contributed by atoms with Crippen LogP contribution in [0.4, 0.5) is 0 Å². The summed E-state index contributed by atoms with van der Waals surface area (Å²) in [4.78, 5) is 19.4. The lowest BCUT2D eigenvalue weighted by atomic mass is 10.0. The van der Waals surface area contributed by atoms with Crippen molar-refractivity contribution in [3.63, 3.8) is 0 Å². The van der Waals surface area contributed by atoms with E-state index in [1.54, 1.807) is 0 Å². The molecule has 0 spiro atoms. The monoisotopic (exact) mass is 281 g/mol. The van der Waals surface area contributed by atoms with E-state index in [0.717, 1.165) is 17.0 Å². The normalized spacial score (nSPS) is 11.3. The highest BCUT2D eigenvalue weighted by Crippen LogP contribution is 2.26. The van der Waals surface area contributed by atoms with Gasteiger partial charge in [-0.15, -0.1) is 0 Å². The van der Waals surface area contributed by atoms with Crippen LogP contribution < -0.4 is 5.56 Å². The number of hydrogen-bond donors (Lipinski definition) is 1. The van der Waals surface area contributed by atoms with E-state index in [1.165, 1.54) is 16.7 Å². The Morgan fingerprint density at radius 3 is 2.24 bits per heavy atom. The number of aromatic nitrogens is 3. The van der Waals surface area contributed by atoms with Crippen LogP contribution in [0.5, 0.6) is 0 Å². The van der Waals surface area contributed by atoms with E-state index in [0.29, 0.717) is 11.2 Å². The summed E-state index contributed by atoms with van der Waals surface area (Å²) in [7, 11) is 0. The van der Waals surface area contributed by atoms with Crippen LogP contribution in [0.15, 0.2) is 23.0 Å². The molecule has 108 valence electrons. The number of benzene rings is 1. The predicted molar refractivity (Wildman–Crippen MR) is 85.4 cm³/mol. The van der Waals surface area contributed by atoms with Gasteiger partial charge in [0.2, 0.25) is 0 Å². The number of aryl methyl sites for hydroxylation is 5. The molecule has 0 aliphatic carbocycles. The minimum Gasteiger partial charge on any atom is -0.310 e. The van der Waals surface area contributed by atoms with E-state index in [-0.39, 0.29) is 5.56 Å². The molecular formula is C17H19N3O. The summed E-state index contributed by atoms with van der Waals surface area (Å²) >= 11 is 0. The van der Waals surface area contributed by atoms with Crippen molar-refractivity contribution in [2.24, 2.45) is 0 Å². The summed E-state index contributed by atoms with van der Waals surface area (Å²) in [6.45, 7) is 10.1. The highest BCUT2D eigenvalue weighted by atomic mass is 16.1. The molecule has 2 heterocycles. The molecule has 0 amide bonds. The Labute approximate surface area is 123 Å². The van der Waals surface area contributed by atoms with Gasteiger partial charge in [0, 0.05) is 5.69 Å². The van der Waals surface area contributed by atoms with Crippen LogP contribution >= 0.6 is 0 Å². The smallest absolute Gasteiger partial charge is 0.260 e. The Morgan fingerprint density at radius 2 is 1.62 bits per heavy atom. The first-order valence-corrected chi connectivity index (χ1v) is 7.05. The molecule has 0 atom stereocenters. The lowest BCUT2D eigenvalue weighted by Gasteiger charge is -2.15. The molecule has 0 radical (unpaired) electrons. The molecule has 0 saturated carbocycles. The van der Waals surface area contributed by atoms with Gasteiger partial charge in [-0.2, -0.15) is 0 Å². The Kier molecular flexibility index (Phi) is 2.97. The van der Waals surface area contributed by atoms with Crippen molar-refractivity contribution in [3.05, 3.63) is 56.8 Å². The number of H-pyrrole nitrogens is 1. The van der Waals surface area contributed by atoms with Gasteiger partial charge in [0.1, 0.15) is 5.82 Å². The maximum atomic E-state index is 12.1. The molecule has 0 saturated heterocycles. The number of nitrogens with zero attached hydrogens (tertiary/aromatic N) is 2. The third-order valence-corrected chi connectivity index (χ3v) is 3.83. The lowest BCUT2D eigenvalue weighted by molar-refractivity contribution is 0.971. The zero-order valence-corrected chi connectivity index (χ0v) is 13.0. The van der Waals surface area contributed by atoms with E-state index in [1.807, 2.05) is 19.9 Å². The van der Waals surface area contributed by atoms with Crippen LogP contribution in [0.2, 0.25) is 0 Å². The maximum absolute atomic E-state index is 12.1. The van der Waals surface area contributed by atoms with Gasteiger partial charge >= 0.3 is 0 Å². The summed E-state index contributed by atoms with van der Waals surface area (Å²) in [6.07, 6.45) is 0. The minimum absolute atomic E-state index is 0.0817. The number of nitrogens with one attached hydrogen (secondary N) is 1. The van der Waals surface area contributed by atoms with E-state index < -0.39 is 0 Å². The highest BCUT2D eigenvalue weighted by Gasteiger charge is 2.15. The summed E-state index contributed by atoms with van der Waals surface area (Å²) in [5, 5.41) is 0.637. The second-order valence-electron chi connectivity index (χ2n) is 5.76. The summed E-state index contributed by atoms with van der Waals surface area (Å²) in [5.74, 6) is 0.634. The SMILES string of the molecule is Cc1cc(C)c(-n2c(C)cc3c(=O)[nH]c(C)nc32)c(C)c1. The molecule has 1 aromatic carbocycles. The third-order valence-electron chi connectivity index (χ3n) is 3.83. The first-order chi connectivity index (χ1) is 9.88. The zero-order valence-electron chi connectivity index (χ0n) is 13.0.